The molecule has 3 rings (SSSR count). The highest BCUT2D eigenvalue weighted by Crippen LogP contribution is 2.45. The number of methoxy groups -OCH3 is 1. The van der Waals surface area contributed by atoms with Gasteiger partial charge < -0.3 is 14.3 Å². The molecule has 1 saturated carbocycles. The largest absolute Gasteiger partial charge is 0.391 e. The summed E-state index contributed by atoms with van der Waals surface area (Å²) in [7, 11) is -2.04. The number of hydrogen-bond acceptors (Lipinski definition) is 7. The summed E-state index contributed by atoms with van der Waals surface area (Å²) >= 11 is 6.11. The molecule has 0 aromatic heterocycles. The molecule has 142 valence electrons. The van der Waals surface area contributed by atoms with Crippen LogP contribution in [-0.4, -0.2) is 51.6 Å². The van der Waals surface area contributed by atoms with Crippen molar-refractivity contribution in [1.29, 1.82) is 0 Å². The van der Waals surface area contributed by atoms with Crippen LogP contribution in [0.15, 0.2) is 40.5 Å². The summed E-state index contributed by atoms with van der Waals surface area (Å²) in [5.41, 5.74) is 0.328. The van der Waals surface area contributed by atoms with Crippen molar-refractivity contribution in [3.8, 4) is 0 Å². The number of allylic oxidation sites excluding steroid dienone is 1. The highest BCUT2D eigenvalue weighted by Gasteiger charge is 2.46. The fourth-order valence-corrected chi connectivity index (χ4v) is 3.90. The van der Waals surface area contributed by atoms with Gasteiger partial charge in [0.1, 0.15) is 5.76 Å². The Balaban J connectivity index is 2.01. The van der Waals surface area contributed by atoms with Crippen LogP contribution in [0.5, 0.6) is 0 Å². The minimum atomic E-state index is -3.57. The number of halogens is 1. The van der Waals surface area contributed by atoms with Crippen LogP contribution in [0.2, 0.25) is 0 Å². The van der Waals surface area contributed by atoms with Gasteiger partial charge in [-0.2, -0.15) is 0 Å². The fourth-order valence-electron chi connectivity index (χ4n) is 2.79. The molecule has 0 saturated heterocycles. The second kappa shape index (κ2) is 7.66. The number of Topliss-reactive ketones (excluding diaryl/α,β-unsaturated/α-hetero) is 1. The lowest BCUT2D eigenvalue weighted by molar-refractivity contribution is -0.130. The average Bonchev–Trinajstić information content (AvgIpc) is 3.39. The van der Waals surface area contributed by atoms with E-state index in [1.54, 1.807) is 12.1 Å². The van der Waals surface area contributed by atoms with Gasteiger partial charge in [0, 0.05) is 36.6 Å². The zero-order chi connectivity index (χ0) is 18.9. The maximum Gasteiger partial charge on any atom is 0.197 e. The molecule has 0 bridgehead atoms. The number of sulfone groups is 1. The normalized spacial score (nSPS) is 21.1. The topological polar surface area (TPSA) is 82.1 Å². The molecule has 1 aliphatic heterocycles. The molecule has 1 aromatic carbocycles. The van der Waals surface area contributed by atoms with Gasteiger partial charge in [-0.3, -0.25) is 4.79 Å². The summed E-state index contributed by atoms with van der Waals surface area (Å²) in [6, 6.07) is 6.09. The van der Waals surface area contributed by atoms with Gasteiger partial charge in [-0.1, -0.05) is 12.1 Å². The van der Waals surface area contributed by atoms with Crippen LogP contribution < -0.4 is 0 Å². The predicted molar refractivity (Wildman–Crippen MR) is 94.0 cm³/mol. The second-order valence-electron chi connectivity index (χ2n) is 6.23. The third-order valence-corrected chi connectivity index (χ3v) is 5.57. The first-order valence-electron chi connectivity index (χ1n) is 8.16. The molecule has 1 heterocycles. The van der Waals surface area contributed by atoms with E-state index in [1.807, 2.05) is 0 Å². The van der Waals surface area contributed by atoms with Crippen molar-refractivity contribution in [2.24, 2.45) is 5.92 Å². The third-order valence-electron chi connectivity index (χ3n) is 4.17. The Morgan fingerprint density at radius 2 is 2.00 bits per heavy atom. The van der Waals surface area contributed by atoms with Crippen molar-refractivity contribution < 1.29 is 27.5 Å². The monoisotopic (exact) mass is 401 g/mol. The molecule has 0 amide bonds. The Labute approximate surface area is 157 Å². The van der Waals surface area contributed by atoms with Crippen molar-refractivity contribution in [1.82, 2.24) is 4.58 Å². The molecule has 1 unspecified atom stereocenters. The number of ketones is 1. The Morgan fingerprint density at radius 3 is 2.62 bits per heavy atom. The Bertz CT molecular complexity index is 833. The first-order chi connectivity index (χ1) is 12.3. The Kier molecular flexibility index (Phi) is 5.69. The standard InChI is InChI=1S/C17H20ClNO6S/c1-23-9-10-24-17-14(16(11-7-8-11)25-19(17)18)15(20)12-5-3-4-6-13(12)26(2,21)22/h3-6,11,17H,7-10H2,1-2H3. The summed E-state index contributed by atoms with van der Waals surface area (Å²) in [5, 5.41) is 0. The average molecular weight is 402 g/mol. The van der Waals surface area contributed by atoms with Crippen molar-refractivity contribution in [3.63, 3.8) is 0 Å². The van der Waals surface area contributed by atoms with Crippen LogP contribution in [0.4, 0.5) is 0 Å². The van der Waals surface area contributed by atoms with Crippen LogP contribution in [-0.2, 0) is 24.1 Å². The summed E-state index contributed by atoms with van der Waals surface area (Å²) in [5.74, 6) is 0.0887. The predicted octanol–water partition coefficient (Wildman–Crippen LogP) is 2.33. The van der Waals surface area contributed by atoms with Crippen molar-refractivity contribution in [3.05, 3.63) is 41.2 Å². The van der Waals surface area contributed by atoms with E-state index < -0.39 is 21.8 Å². The maximum atomic E-state index is 13.2. The first-order valence-corrected chi connectivity index (χ1v) is 10.4. The number of carbonyl (C=O) groups excluding carboxylic acids is 1. The lowest BCUT2D eigenvalue weighted by atomic mass is 10.00. The lowest BCUT2D eigenvalue weighted by Gasteiger charge is -2.18. The van der Waals surface area contributed by atoms with Gasteiger partial charge in [0.15, 0.2) is 21.8 Å². The number of rotatable bonds is 8. The Hall–Kier alpha value is -1.45. The second-order valence-corrected chi connectivity index (χ2v) is 8.55. The Morgan fingerprint density at radius 1 is 1.31 bits per heavy atom. The summed E-state index contributed by atoms with van der Waals surface area (Å²) < 4.78 is 35.7. The summed E-state index contributed by atoms with van der Waals surface area (Å²) in [6.07, 6.45) is 1.91. The van der Waals surface area contributed by atoms with Gasteiger partial charge in [0.2, 0.25) is 0 Å². The van der Waals surface area contributed by atoms with E-state index in [1.165, 1.54) is 19.2 Å². The van der Waals surface area contributed by atoms with E-state index in [2.05, 4.69) is 0 Å². The molecule has 2 aliphatic rings. The van der Waals surface area contributed by atoms with Crippen LogP contribution in [0.1, 0.15) is 23.2 Å². The molecule has 26 heavy (non-hydrogen) atoms. The molecule has 0 radical (unpaired) electrons. The molecule has 0 N–H and O–H groups in total. The van der Waals surface area contributed by atoms with E-state index >= 15 is 0 Å². The molecule has 7 nitrogen and oxygen atoms in total. The van der Waals surface area contributed by atoms with Crippen LogP contribution in [0.3, 0.4) is 0 Å². The molecule has 1 fully saturated rings. The van der Waals surface area contributed by atoms with Gasteiger partial charge in [-0.25, -0.2) is 8.42 Å². The van der Waals surface area contributed by atoms with Gasteiger partial charge in [-0.05, 0) is 29.6 Å². The molecule has 1 aromatic rings. The van der Waals surface area contributed by atoms with Gasteiger partial charge in [0.05, 0.1) is 23.7 Å². The van der Waals surface area contributed by atoms with Crippen LogP contribution in [0, 0.1) is 5.92 Å². The van der Waals surface area contributed by atoms with Gasteiger partial charge in [-0.15, -0.1) is 0 Å². The van der Waals surface area contributed by atoms with Gasteiger partial charge in [0.25, 0.3) is 0 Å². The number of carbonyl (C=O) groups is 1. The van der Waals surface area contributed by atoms with Crippen molar-refractivity contribution in [2.75, 3.05) is 26.6 Å². The molecular formula is C17H20ClNO6S. The van der Waals surface area contributed by atoms with E-state index in [4.69, 9.17) is 26.1 Å². The number of nitrogens with zero attached hydrogens (tertiary/aromatic N) is 1. The molecular weight excluding hydrogens is 382 g/mol. The summed E-state index contributed by atoms with van der Waals surface area (Å²) in [6.45, 7) is 0.525. The fraction of sp³-hybridized carbons (Fsp3) is 0.471. The number of benzene rings is 1. The van der Waals surface area contributed by atoms with Crippen LogP contribution >= 0.6 is 11.8 Å². The molecule has 0 spiro atoms. The molecule has 1 aliphatic carbocycles. The highest BCUT2D eigenvalue weighted by atomic mass is 35.5. The lowest BCUT2D eigenvalue weighted by Crippen LogP contribution is -2.30. The molecule has 9 heteroatoms. The number of hydrogen-bond donors (Lipinski definition) is 0. The highest BCUT2D eigenvalue weighted by molar-refractivity contribution is 7.90. The third kappa shape index (κ3) is 3.94. The maximum absolute atomic E-state index is 13.2. The quantitative estimate of drug-likeness (QED) is 0.375. The number of ether oxygens (including phenoxy) is 2. The SMILES string of the molecule is COCCOC1C(C(=O)c2ccccc2S(C)(=O)=O)=C(C2CC2)ON1Cl. The van der Waals surface area contributed by atoms with E-state index in [0.717, 1.165) is 23.7 Å². The van der Waals surface area contributed by atoms with Crippen molar-refractivity contribution >= 4 is 27.4 Å². The summed E-state index contributed by atoms with van der Waals surface area (Å²) in [4.78, 5) is 18.8. The van der Waals surface area contributed by atoms with E-state index in [9.17, 15) is 13.2 Å². The minimum absolute atomic E-state index is 0.0312. The smallest absolute Gasteiger partial charge is 0.197 e. The van der Waals surface area contributed by atoms with Gasteiger partial charge >= 0.3 is 0 Å². The number of hydroxylamine groups is 1. The first kappa shape index (κ1) is 19.3. The van der Waals surface area contributed by atoms with Crippen molar-refractivity contribution in [2.45, 2.75) is 24.0 Å². The van der Waals surface area contributed by atoms with Crippen LogP contribution in [0.25, 0.3) is 0 Å². The van der Waals surface area contributed by atoms with E-state index in [-0.39, 0.29) is 28.6 Å². The molecule has 1 atom stereocenters. The zero-order valence-electron chi connectivity index (χ0n) is 14.5. The van der Waals surface area contributed by atoms with E-state index in [0.29, 0.717) is 12.4 Å². The minimum Gasteiger partial charge on any atom is -0.391 e. The zero-order valence-corrected chi connectivity index (χ0v) is 16.0.